The van der Waals surface area contributed by atoms with Gasteiger partial charge in [-0.3, -0.25) is 0 Å². The zero-order chi connectivity index (χ0) is 22.4. The van der Waals surface area contributed by atoms with E-state index < -0.39 is 14.4 Å². The van der Waals surface area contributed by atoms with Crippen molar-refractivity contribution in [2.45, 2.75) is 57.8 Å². The summed E-state index contributed by atoms with van der Waals surface area (Å²) in [5.41, 5.74) is 2.08. The van der Waals surface area contributed by atoms with E-state index in [9.17, 15) is 10.2 Å². The molecule has 2 N–H and O–H groups in total. The molecule has 0 saturated carbocycles. The lowest BCUT2D eigenvalue weighted by atomic mass is 10.1. The number of phenolic OH excluding ortho intramolecular Hbond substituents is 1. The topological polar surface area (TPSA) is 68.2 Å². The summed E-state index contributed by atoms with van der Waals surface area (Å²) in [6.07, 6.45) is 0.898. The minimum atomic E-state index is -1.78. The molecule has 0 amide bonds. The fraction of sp³-hybridized carbons (Fsp3) is 0.500. The third-order valence-electron chi connectivity index (χ3n) is 5.78. The third kappa shape index (κ3) is 6.76. The van der Waals surface area contributed by atoms with E-state index in [-0.39, 0.29) is 17.4 Å². The molecule has 0 bridgehead atoms. The summed E-state index contributed by atoms with van der Waals surface area (Å²) in [4.78, 5) is 0. The van der Waals surface area contributed by atoms with Crippen LogP contribution in [0.3, 0.4) is 0 Å². The van der Waals surface area contributed by atoms with Gasteiger partial charge in [-0.05, 0) is 59.9 Å². The predicted octanol–water partition coefficient (Wildman–Crippen LogP) is 4.95. The van der Waals surface area contributed by atoms with Crippen molar-refractivity contribution in [2.75, 3.05) is 20.3 Å². The molecule has 30 heavy (non-hydrogen) atoms. The molecule has 0 fully saturated rings. The van der Waals surface area contributed by atoms with Gasteiger partial charge in [0, 0.05) is 13.0 Å². The number of hydrogen-bond acceptors (Lipinski definition) is 5. The molecule has 0 spiro atoms. The van der Waals surface area contributed by atoms with Crippen LogP contribution in [0.2, 0.25) is 18.1 Å². The highest BCUT2D eigenvalue weighted by molar-refractivity contribution is 6.74. The van der Waals surface area contributed by atoms with Gasteiger partial charge in [-0.15, -0.1) is 0 Å². The number of hydrogen-bond donors (Lipinski definition) is 2. The number of methoxy groups -OCH3 is 1. The molecule has 6 heteroatoms. The lowest BCUT2D eigenvalue weighted by Crippen LogP contribution is -2.41. The van der Waals surface area contributed by atoms with Gasteiger partial charge in [0.15, 0.2) is 19.8 Å². The molecule has 1 atom stereocenters. The van der Waals surface area contributed by atoms with E-state index in [0.29, 0.717) is 24.5 Å². The average molecular weight is 433 g/mol. The van der Waals surface area contributed by atoms with Crippen LogP contribution in [-0.4, -0.2) is 45.0 Å². The Morgan fingerprint density at radius 1 is 0.967 bits per heavy atom. The monoisotopic (exact) mass is 432 g/mol. The van der Waals surface area contributed by atoms with Crippen molar-refractivity contribution >= 4 is 8.32 Å². The number of rotatable bonds is 10. The standard InChI is InChI=1S/C24H36O5Si/c1-24(2,3)30(5,6)28-14-13-19-9-12-22(27-4)23(16-19)29-21(17-25)15-18-7-10-20(26)11-8-18/h7-12,16,21,25-26H,13-15,17H2,1-6H3. The number of ether oxygens (including phenoxy) is 2. The van der Waals surface area contributed by atoms with Gasteiger partial charge in [0.1, 0.15) is 11.9 Å². The van der Waals surface area contributed by atoms with Crippen LogP contribution in [0.4, 0.5) is 0 Å². The second-order valence-electron chi connectivity index (χ2n) is 9.14. The first kappa shape index (κ1) is 24.2. The van der Waals surface area contributed by atoms with Gasteiger partial charge in [-0.2, -0.15) is 0 Å². The fourth-order valence-electron chi connectivity index (χ4n) is 2.83. The van der Waals surface area contributed by atoms with Crippen LogP contribution in [0.15, 0.2) is 42.5 Å². The number of aromatic hydroxyl groups is 1. The third-order valence-corrected chi connectivity index (χ3v) is 10.3. The minimum absolute atomic E-state index is 0.122. The number of phenols is 1. The van der Waals surface area contributed by atoms with Crippen molar-refractivity contribution in [3.05, 3.63) is 53.6 Å². The molecule has 0 radical (unpaired) electrons. The first-order valence-electron chi connectivity index (χ1n) is 10.4. The maximum Gasteiger partial charge on any atom is 0.191 e. The largest absolute Gasteiger partial charge is 0.508 e. The van der Waals surface area contributed by atoms with Crippen LogP contribution in [-0.2, 0) is 17.3 Å². The van der Waals surface area contributed by atoms with Gasteiger partial charge in [-0.1, -0.05) is 39.0 Å². The van der Waals surface area contributed by atoms with Gasteiger partial charge in [0.2, 0.25) is 0 Å². The van der Waals surface area contributed by atoms with E-state index in [0.717, 1.165) is 17.5 Å². The molecule has 0 aliphatic carbocycles. The summed E-state index contributed by atoms with van der Waals surface area (Å²) in [5, 5.41) is 19.4. The van der Waals surface area contributed by atoms with Crippen molar-refractivity contribution < 1.29 is 24.1 Å². The molecule has 0 aromatic heterocycles. The zero-order valence-electron chi connectivity index (χ0n) is 19.1. The summed E-state index contributed by atoms with van der Waals surface area (Å²) in [5.74, 6) is 1.46. The molecular weight excluding hydrogens is 396 g/mol. The van der Waals surface area contributed by atoms with Crippen molar-refractivity contribution in [2.24, 2.45) is 0 Å². The molecular formula is C24H36O5Si. The van der Waals surface area contributed by atoms with E-state index in [1.54, 1.807) is 19.2 Å². The molecule has 0 saturated heterocycles. The van der Waals surface area contributed by atoms with E-state index in [4.69, 9.17) is 13.9 Å². The van der Waals surface area contributed by atoms with E-state index in [1.165, 1.54) is 0 Å². The zero-order valence-corrected chi connectivity index (χ0v) is 20.1. The Hall–Kier alpha value is -2.02. The van der Waals surface area contributed by atoms with Gasteiger partial charge in [0.25, 0.3) is 0 Å². The van der Waals surface area contributed by atoms with Crippen molar-refractivity contribution in [1.82, 2.24) is 0 Å². The predicted molar refractivity (Wildman–Crippen MR) is 123 cm³/mol. The first-order valence-corrected chi connectivity index (χ1v) is 13.3. The Balaban J connectivity index is 2.06. The number of aliphatic hydroxyl groups excluding tert-OH is 1. The van der Waals surface area contributed by atoms with Crippen LogP contribution >= 0.6 is 0 Å². The Kier molecular flexibility index (Phi) is 8.35. The lowest BCUT2D eigenvalue weighted by Gasteiger charge is -2.36. The number of aliphatic hydroxyl groups is 1. The van der Waals surface area contributed by atoms with Crippen molar-refractivity contribution in [3.63, 3.8) is 0 Å². The highest BCUT2D eigenvalue weighted by Crippen LogP contribution is 2.36. The van der Waals surface area contributed by atoms with E-state index >= 15 is 0 Å². The molecule has 2 aromatic carbocycles. The van der Waals surface area contributed by atoms with Gasteiger partial charge in [0.05, 0.1) is 13.7 Å². The molecule has 2 rings (SSSR count). The van der Waals surface area contributed by atoms with Crippen LogP contribution in [0, 0.1) is 0 Å². The summed E-state index contributed by atoms with van der Waals surface area (Å²) >= 11 is 0. The second kappa shape index (κ2) is 10.3. The highest BCUT2D eigenvalue weighted by atomic mass is 28.4. The molecule has 0 heterocycles. The first-order chi connectivity index (χ1) is 14.1. The average Bonchev–Trinajstić information content (AvgIpc) is 2.68. The van der Waals surface area contributed by atoms with E-state index in [2.05, 4.69) is 33.9 Å². The molecule has 5 nitrogen and oxygen atoms in total. The Morgan fingerprint density at radius 3 is 2.17 bits per heavy atom. The number of benzene rings is 2. The Bertz CT molecular complexity index is 796. The summed E-state index contributed by atoms with van der Waals surface area (Å²) in [6, 6.07) is 12.8. The molecule has 0 aliphatic rings. The molecule has 2 aromatic rings. The van der Waals surface area contributed by atoms with Crippen LogP contribution < -0.4 is 9.47 Å². The van der Waals surface area contributed by atoms with Crippen LogP contribution in [0.5, 0.6) is 17.2 Å². The molecule has 1 unspecified atom stereocenters. The smallest absolute Gasteiger partial charge is 0.191 e. The SMILES string of the molecule is COc1ccc(CCO[Si](C)(C)C(C)(C)C)cc1OC(CO)Cc1ccc(O)cc1. The molecule has 0 aliphatic heterocycles. The Morgan fingerprint density at radius 2 is 1.60 bits per heavy atom. The summed E-state index contributed by atoms with van der Waals surface area (Å²) in [7, 11) is -0.169. The van der Waals surface area contributed by atoms with Crippen molar-refractivity contribution in [1.29, 1.82) is 0 Å². The minimum Gasteiger partial charge on any atom is -0.508 e. The summed E-state index contributed by atoms with van der Waals surface area (Å²) in [6.45, 7) is 11.8. The lowest BCUT2D eigenvalue weighted by molar-refractivity contribution is 0.112. The molecule has 166 valence electrons. The van der Waals surface area contributed by atoms with Crippen molar-refractivity contribution in [3.8, 4) is 17.2 Å². The van der Waals surface area contributed by atoms with Crippen LogP contribution in [0.1, 0.15) is 31.9 Å². The highest BCUT2D eigenvalue weighted by Gasteiger charge is 2.36. The van der Waals surface area contributed by atoms with Gasteiger partial charge < -0.3 is 24.1 Å². The maximum atomic E-state index is 9.81. The van der Waals surface area contributed by atoms with E-state index in [1.807, 2.05) is 30.3 Å². The quantitative estimate of drug-likeness (QED) is 0.520. The maximum absolute atomic E-state index is 9.81. The second-order valence-corrected chi connectivity index (χ2v) is 13.9. The summed E-state index contributed by atoms with van der Waals surface area (Å²) < 4.78 is 17.8. The Labute approximate surface area is 181 Å². The van der Waals surface area contributed by atoms with Gasteiger partial charge in [-0.25, -0.2) is 0 Å². The van der Waals surface area contributed by atoms with Gasteiger partial charge >= 0.3 is 0 Å². The van der Waals surface area contributed by atoms with Crippen LogP contribution in [0.25, 0.3) is 0 Å². The normalized spacial score (nSPS) is 13.2. The fourth-order valence-corrected chi connectivity index (χ4v) is 3.87.